The Morgan fingerprint density at radius 3 is 1.88 bits per heavy atom. The van der Waals surface area contributed by atoms with Gasteiger partial charge in [-0.15, -0.1) is 0 Å². The molecule has 0 aromatic carbocycles. The van der Waals surface area contributed by atoms with Crippen molar-refractivity contribution in [2.24, 2.45) is 0 Å². The van der Waals surface area contributed by atoms with Crippen molar-refractivity contribution in [3.63, 3.8) is 0 Å². The summed E-state index contributed by atoms with van der Waals surface area (Å²) in [6.45, 7) is 0.976. The topological polar surface area (TPSA) is 239 Å². The number of ether oxygens (including phenoxy) is 2. The first-order valence-corrected chi connectivity index (χ1v) is 14.6. The zero-order chi connectivity index (χ0) is 25.7. The molecule has 7 N–H and O–H groups in total. The molecule has 1 aliphatic heterocycles. The third-order valence-electron chi connectivity index (χ3n) is 4.08. The Morgan fingerprint density at radius 1 is 0.938 bits per heavy atom. The molecule has 9 atom stereocenters. The second-order valence-electron chi connectivity index (χ2n) is 7.00. The molecule has 0 spiro atoms. The summed E-state index contributed by atoms with van der Waals surface area (Å²) in [5, 5.41) is 38.1. The van der Waals surface area contributed by atoms with Crippen molar-refractivity contribution in [1.29, 1.82) is 0 Å². The van der Waals surface area contributed by atoms with Crippen LogP contribution in [0.15, 0.2) is 0 Å². The van der Waals surface area contributed by atoms with Gasteiger partial charge in [0.25, 0.3) is 0 Å². The van der Waals surface area contributed by atoms with E-state index in [-0.39, 0.29) is 6.42 Å². The summed E-state index contributed by atoms with van der Waals surface area (Å²) in [7, 11) is -14.6. The summed E-state index contributed by atoms with van der Waals surface area (Å²) >= 11 is 0. The number of rotatable bonds is 14. The van der Waals surface area contributed by atoms with Crippen molar-refractivity contribution < 1.29 is 73.2 Å². The highest BCUT2D eigenvalue weighted by Crippen LogP contribution is 2.54. The first kappa shape index (κ1) is 28.4. The zero-order valence-corrected chi connectivity index (χ0v) is 20.1. The lowest BCUT2D eigenvalue weighted by Crippen LogP contribution is -2.65. The Bertz CT molecular complexity index is 766. The summed E-state index contributed by atoms with van der Waals surface area (Å²) in [4.78, 5) is 29.3. The lowest BCUT2D eigenvalue weighted by Gasteiger charge is -2.49. The van der Waals surface area contributed by atoms with E-state index in [1.807, 2.05) is 0 Å². The molecule has 0 amide bonds. The predicted molar refractivity (Wildman–Crippen MR) is 107 cm³/mol. The molecule has 15 nitrogen and oxygen atoms in total. The van der Waals surface area contributed by atoms with Gasteiger partial charge in [0.1, 0.15) is 43.5 Å². The van der Waals surface area contributed by atoms with Gasteiger partial charge in [-0.1, -0.05) is 13.3 Å². The van der Waals surface area contributed by atoms with Gasteiger partial charge in [0.15, 0.2) is 5.79 Å². The standard InChI is InChI=1S/C14H31O15P3/c1-3-4-5-25-6-10-11(27-30(19,20)7-15)12(28-31(21,22)8-16)13(14(2,18)26-10)29-32(23,24)9-17/h10-13,15-18H,3-9H2,1-2H3,(H,19,20)(H,21,22)(H,23,24)/t10-,11-,12-,13+,14?/m1/s1/i5D/t5?,10-,11-,12-,13+,14?. The van der Waals surface area contributed by atoms with E-state index in [2.05, 4.69) is 0 Å². The molecule has 1 saturated heterocycles. The van der Waals surface area contributed by atoms with Crippen LogP contribution in [0.25, 0.3) is 0 Å². The zero-order valence-electron chi connectivity index (χ0n) is 18.4. The summed E-state index contributed by atoms with van der Waals surface area (Å²) in [6.07, 6.45) is -11.4. The fraction of sp³-hybridized carbons (Fsp3) is 1.00. The number of aliphatic hydroxyl groups excluding tert-OH is 3. The minimum absolute atomic E-state index is 0.274. The number of hydrogen-bond acceptors (Lipinski definition) is 12. The molecule has 32 heavy (non-hydrogen) atoms. The second kappa shape index (κ2) is 12.3. The third kappa shape index (κ3) is 9.10. The Morgan fingerprint density at radius 2 is 1.41 bits per heavy atom. The lowest BCUT2D eigenvalue weighted by atomic mass is 9.93. The highest BCUT2D eigenvalue weighted by molar-refractivity contribution is 7.53. The van der Waals surface area contributed by atoms with Crippen molar-refractivity contribution in [1.82, 2.24) is 0 Å². The van der Waals surface area contributed by atoms with Crippen LogP contribution in [0.5, 0.6) is 0 Å². The first-order valence-electron chi connectivity index (χ1n) is 9.88. The van der Waals surface area contributed by atoms with Gasteiger partial charge in [0.05, 0.1) is 7.98 Å². The van der Waals surface area contributed by atoms with Crippen LogP contribution in [-0.2, 0) is 36.7 Å². The van der Waals surface area contributed by atoms with Gasteiger partial charge in [-0.3, -0.25) is 27.3 Å². The van der Waals surface area contributed by atoms with Gasteiger partial charge in [-0.25, -0.2) is 0 Å². The van der Waals surface area contributed by atoms with Gasteiger partial charge < -0.3 is 44.6 Å². The van der Waals surface area contributed by atoms with E-state index in [0.29, 0.717) is 6.42 Å². The smallest absolute Gasteiger partial charge is 0.353 e. The van der Waals surface area contributed by atoms with E-state index in [9.17, 15) is 33.5 Å². The Labute approximate surface area is 185 Å². The molecular formula is C14H31O15P3. The van der Waals surface area contributed by atoms with Crippen LogP contribution in [-0.4, -0.2) is 97.5 Å². The van der Waals surface area contributed by atoms with Crippen LogP contribution < -0.4 is 0 Å². The largest absolute Gasteiger partial charge is 0.384 e. The lowest BCUT2D eigenvalue weighted by molar-refractivity contribution is -0.332. The van der Waals surface area contributed by atoms with Crippen LogP contribution in [0.2, 0.25) is 0 Å². The summed E-state index contributed by atoms with van der Waals surface area (Å²) in [6, 6.07) is 0. The van der Waals surface area contributed by atoms with Crippen LogP contribution in [0.4, 0.5) is 0 Å². The van der Waals surface area contributed by atoms with E-state index in [4.69, 9.17) is 39.7 Å². The van der Waals surface area contributed by atoms with Gasteiger partial charge in [0, 0.05) is 6.58 Å². The molecule has 192 valence electrons. The van der Waals surface area contributed by atoms with Crippen LogP contribution >= 0.6 is 22.8 Å². The molecule has 1 aliphatic rings. The molecule has 18 heteroatoms. The van der Waals surface area contributed by atoms with Gasteiger partial charge >= 0.3 is 22.8 Å². The SMILES string of the molecule is [2H]C(CCC)OC[C@H]1OC(C)(O)[C@@H](OP(=O)(O)CO)[C@H](OP(=O)(O)CO)[C@@H]1OP(=O)(O)CO. The van der Waals surface area contributed by atoms with E-state index in [0.717, 1.165) is 6.92 Å². The molecule has 0 aliphatic carbocycles. The molecule has 1 heterocycles. The van der Waals surface area contributed by atoms with Crippen LogP contribution in [0.3, 0.4) is 0 Å². The van der Waals surface area contributed by atoms with E-state index in [1.165, 1.54) is 0 Å². The summed E-state index contributed by atoms with van der Waals surface area (Å²) in [5.74, 6) is -2.61. The highest BCUT2D eigenvalue weighted by Gasteiger charge is 2.58. The van der Waals surface area contributed by atoms with E-state index < -0.39 is 85.2 Å². The minimum Gasteiger partial charge on any atom is -0.384 e. The fourth-order valence-electron chi connectivity index (χ4n) is 2.68. The van der Waals surface area contributed by atoms with Crippen molar-refractivity contribution in [2.45, 2.75) is 56.9 Å². The molecule has 1 rings (SSSR count). The van der Waals surface area contributed by atoms with Crippen molar-refractivity contribution in [3.05, 3.63) is 0 Å². The minimum atomic E-state index is -4.91. The summed E-state index contributed by atoms with van der Waals surface area (Å²) in [5.41, 5.74) is 0. The predicted octanol–water partition coefficient (Wildman–Crippen LogP) is -0.528. The molecule has 0 bridgehead atoms. The van der Waals surface area contributed by atoms with Gasteiger partial charge in [-0.05, 0) is 13.3 Å². The Hall–Kier alpha value is 0.210. The van der Waals surface area contributed by atoms with Crippen molar-refractivity contribution >= 4 is 22.8 Å². The monoisotopic (exact) mass is 533 g/mol. The highest BCUT2D eigenvalue weighted by atomic mass is 31.2. The maximum Gasteiger partial charge on any atom is 0.353 e. The van der Waals surface area contributed by atoms with Gasteiger partial charge in [0.2, 0.25) is 0 Å². The fourth-order valence-corrected chi connectivity index (χ4v) is 4.80. The molecule has 0 saturated carbocycles. The molecule has 0 aromatic heterocycles. The molecule has 1 fully saturated rings. The normalized spacial score (nSPS) is 35.8. The molecule has 0 radical (unpaired) electrons. The van der Waals surface area contributed by atoms with Crippen LogP contribution in [0.1, 0.15) is 28.1 Å². The third-order valence-corrected chi connectivity index (χ3v) is 6.85. The quantitative estimate of drug-likeness (QED) is 0.139. The van der Waals surface area contributed by atoms with Gasteiger partial charge in [-0.2, -0.15) is 0 Å². The average Bonchev–Trinajstić information content (AvgIpc) is 2.71. The second-order valence-corrected chi connectivity index (χ2v) is 12.3. The average molecular weight is 533 g/mol. The number of aliphatic hydroxyl groups is 4. The molecular weight excluding hydrogens is 501 g/mol. The van der Waals surface area contributed by atoms with Crippen molar-refractivity contribution in [2.75, 3.05) is 32.2 Å². The summed E-state index contributed by atoms with van der Waals surface area (Å²) < 4.78 is 69.2. The first-order chi connectivity index (χ1) is 15.0. The van der Waals surface area contributed by atoms with E-state index in [1.54, 1.807) is 6.92 Å². The molecule has 0 aromatic rings. The Balaban J connectivity index is 3.49. The van der Waals surface area contributed by atoms with E-state index >= 15 is 0 Å². The van der Waals surface area contributed by atoms with Crippen molar-refractivity contribution in [3.8, 4) is 0 Å². The molecule has 5 unspecified atom stereocenters. The Kier molecular flexibility index (Phi) is 10.9. The maximum absolute atomic E-state index is 12.1. The number of hydrogen-bond donors (Lipinski definition) is 7. The maximum atomic E-state index is 12.1. The van der Waals surface area contributed by atoms with Crippen LogP contribution in [0, 0.1) is 0 Å².